The van der Waals surface area contributed by atoms with Crippen molar-refractivity contribution in [3.05, 3.63) is 59.4 Å². The van der Waals surface area contributed by atoms with Crippen LogP contribution >= 0.6 is 0 Å². The predicted molar refractivity (Wildman–Crippen MR) is 76.6 cm³/mol. The van der Waals surface area contributed by atoms with Gasteiger partial charge in [0, 0.05) is 18.7 Å². The lowest BCUT2D eigenvalue weighted by molar-refractivity contribution is -0.0512. The summed E-state index contributed by atoms with van der Waals surface area (Å²) in [5.74, 6) is -0.0766. The number of ether oxygens (including phenoxy) is 2. The minimum absolute atomic E-state index is 0.0253. The highest BCUT2D eigenvalue weighted by Crippen LogP contribution is 2.29. The summed E-state index contributed by atoms with van der Waals surface area (Å²) in [5.41, 5.74) is 1.27. The first-order valence-electron chi connectivity index (χ1n) is 6.66. The van der Waals surface area contributed by atoms with E-state index in [2.05, 4.69) is 10.1 Å². The summed E-state index contributed by atoms with van der Waals surface area (Å²) in [4.78, 5) is 0. The van der Waals surface area contributed by atoms with E-state index in [4.69, 9.17) is 4.74 Å². The molecule has 0 aliphatic carbocycles. The van der Waals surface area contributed by atoms with Crippen LogP contribution < -0.4 is 14.8 Å². The fourth-order valence-corrected chi connectivity index (χ4v) is 2.00. The molecule has 0 radical (unpaired) electrons. The molecule has 118 valence electrons. The number of halogens is 3. The third-order valence-corrected chi connectivity index (χ3v) is 3.05. The molecule has 1 N–H and O–H groups in total. The van der Waals surface area contributed by atoms with Gasteiger partial charge in [0.05, 0.1) is 7.11 Å². The molecule has 0 aliphatic rings. The van der Waals surface area contributed by atoms with Gasteiger partial charge < -0.3 is 14.8 Å². The molecule has 0 fully saturated rings. The third kappa shape index (κ3) is 4.39. The van der Waals surface area contributed by atoms with Crippen LogP contribution in [0.15, 0.2) is 42.5 Å². The summed E-state index contributed by atoms with van der Waals surface area (Å²) in [6.45, 7) is -2.20. The second-order valence-corrected chi connectivity index (χ2v) is 4.56. The first-order valence-corrected chi connectivity index (χ1v) is 6.66. The molecular formula is C16H16F3NO2. The van der Waals surface area contributed by atoms with Gasteiger partial charge in [0.2, 0.25) is 0 Å². The SMILES string of the molecule is COc1ccc(CNCc2ccccc2F)cc1OC(F)F. The van der Waals surface area contributed by atoms with Gasteiger partial charge in [0.1, 0.15) is 5.82 Å². The molecule has 2 aromatic rings. The molecule has 6 heteroatoms. The molecule has 0 bridgehead atoms. The Morgan fingerprint density at radius 3 is 2.50 bits per heavy atom. The van der Waals surface area contributed by atoms with Gasteiger partial charge in [0.15, 0.2) is 11.5 Å². The lowest BCUT2D eigenvalue weighted by atomic mass is 10.2. The van der Waals surface area contributed by atoms with E-state index in [1.807, 2.05) is 0 Å². The Morgan fingerprint density at radius 2 is 1.82 bits per heavy atom. The molecule has 0 aromatic heterocycles. The summed E-state index contributed by atoms with van der Waals surface area (Å²) in [5, 5.41) is 3.05. The Morgan fingerprint density at radius 1 is 1.05 bits per heavy atom. The van der Waals surface area contributed by atoms with Crippen molar-refractivity contribution < 1.29 is 22.6 Å². The molecule has 0 spiro atoms. The lowest BCUT2D eigenvalue weighted by Gasteiger charge is -2.12. The number of nitrogens with one attached hydrogen (secondary N) is 1. The van der Waals surface area contributed by atoms with Crippen LogP contribution in [0.3, 0.4) is 0 Å². The number of benzene rings is 2. The third-order valence-electron chi connectivity index (χ3n) is 3.05. The van der Waals surface area contributed by atoms with Crippen LogP contribution in [0.5, 0.6) is 11.5 Å². The van der Waals surface area contributed by atoms with E-state index in [-0.39, 0.29) is 17.3 Å². The highest BCUT2D eigenvalue weighted by Gasteiger charge is 2.11. The van der Waals surface area contributed by atoms with Crippen molar-refractivity contribution in [2.24, 2.45) is 0 Å². The van der Waals surface area contributed by atoms with E-state index in [0.717, 1.165) is 5.56 Å². The van der Waals surface area contributed by atoms with E-state index in [9.17, 15) is 13.2 Å². The molecule has 0 amide bonds. The van der Waals surface area contributed by atoms with Gasteiger partial charge in [-0.25, -0.2) is 4.39 Å². The zero-order chi connectivity index (χ0) is 15.9. The quantitative estimate of drug-likeness (QED) is 0.845. The molecule has 2 aromatic carbocycles. The summed E-state index contributed by atoms with van der Waals surface area (Å²) in [6, 6.07) is 11.2. The van der Waals surface area contributed by atoms with Gasteiger partial charge in [-0.3, -0.25) is 0 Å². The van der Waals surface area contributed by atoms with Gasteiger partial charge in [-0.2, -0.15) is 8.78 Å². The molecule has 0 atom stereocenters. The largest absolute Gasteiger partial charge is 0.493 e. The fraction of sp³-hybridized carbons (Fsp3) is 0.250. The summed E-state index contributed by atoms with van der Waals surface area (Å²) in [7, 11) is 1.38. The Bertz CT molecular complexity index is 620. The maximum atomic E-state index is 13.5. The minimum Gasteiger partial charge on any atom is -0.493 e. The summed E-state index contributed by atoms with van der Waals surface area (Å²) >= 11 is 0. The monoisotopic (exact) mass is 311 g/mol. The number of alkyl halides is 2. The summed E-state index contributed by atoms with van der Waals surface area (Å²) in [6.07, 6.45) is 0. The van der Waals surface area contributed by atoms with Crippen LogP contribution in [0.25, 0.3) is 0 Å². The maximum Gasteiger partial charge on any atom is 0.387 e. The smallest absolute Gasteiger partial charge is 0.387 e. The van der Waals surface area contributed by atoms with Crippen molar-refractivity contribution in [2.75, 3.05) is 7.11 Å². The molecule has 22 heavy (non-hydrogen) atoms. The van der Waals surface area contributed by atoms with E-state index < -0.39 is 6.61 Å². The van der Waals surface area contributed by atoms with Crippen LogP contribution in [-0.4, -0.2) is 13.7 Å². The maximum absolute atomic E-state index is 13.5. The van der Waals surface area contributed by atoms with E-state index in [1.54, 1.807) is 30.3 Å². The van der Waals surface area contributed by atoms with Crippen LogP contribution in [0.2, 0.25) is 0 Å². The van der Waals surface area contributed by atoms with Gasteiger partial charge in [-0.05, 0) is 23.8 Å². The number of rotatable bonds is 7. The van der Waals surface area contributed by atoms with Crippen LogP contribution in [0.1, 0.15) is 11.1 Å². The van der Waals surface area contributed by atoms with Crippen molar-refractivity contribution in [3.8, 4) is 11.5 Å². The van der Waals surface area contributed by atoms with E-state index in [1.165, 1.54) is 19.2 Å². The minimum atomic E-state index is -2.92. The average Bonchev–Trinajstić information content (AvgIpc) is 2.49. The molecule has 0 unspecified atom stereocenters. The Balaban J connectivity index is 1.99. The first-order chi connectivity index (χ1) is 10.6. The Kier molecular flexibility index (Phi) is 5.66. The van der Waals surface area contributed by atoms with Crippen molar-refractivity contribution in [1.82, 2.24) is 5.32 Å². The molecule has 0 saturated carbocycles. The first kappa shape index (κ1) is 16.2. The van der Waals surface area contributed by atoms with Crippen molar-refractivity contribution in [3.63, 3.8) is 0 Å². The number of hydrogen-bond donors (Lipinski definition) is 1. The van der Waals surface area contributed by atoms with Gasteiger partial charge in [-0.1, -0.05) is 24.3 Å². The normalized spacial score (nSPS) is 10.8. The van der Waals surface area contributed by atoms with Crippen molar-refractivity contribution in [1.29, 1.82) is 0 Å². The zero-order valence-corrected chi connectivity index (χ0v) is 12.0. The standard InChI is InChI=1S/C16H16F3NO2/c1-21-14-7-6-11(8-15(14)22-16(18)19)9-20-10-12-4-2-3-5-13(12)17/h2-8,16,20H,9-10H2,1H3. The van der Waals surface area contributed by atoms with E-state index in [0.29, 0.717) is 18.7 Å². The molecule has 0 saturated heterocycles. The number of hydrogen-bond acceptors (Lipinski definition) is 3. The van der Waals surface area contributed by atoms with Gasteiger partial charge in [-0.15, -0.1) is 0 Å². The predicted octanol–water partition coefficient (Wildman–Crippen LogP) is 3.73. The Hall–Kier alpha value is -2.21. The Labute approximate surface area is 126 Å². The average molecular weight is 311 g/mol. The molecule has 0 heterocycles. The lowest BCUT2D eigenvalue weighted by Crippen LogP contribution is -2.14. The highest BCUT2D eigenvalue weighted by molar-refractivity contribution is 5.43. The van der Waals surface area contributed by atoms with Crippen LogP contribution in [0.4, 0.5) is 13.2 Å². The topological polar surface area (TPSA) is 30.5 Å². The molecule has 0 aliphatic heterocycles. The molecular weight excluding hydrogens is 295 g/mol. The zero-order valence-electron chi connectivity index (χ0n) is 12.0. The molecule has 3 nitrogen and oxygen atoms in total. The van der Waals surface area contributed by atoms with E-state index >= 15 is 0 Å². The second-order valence-electron chi connectivity index (χ2n) is 4.56. The van der Waals surface area contributed by atoms with Crippen molar-refractivity contribution in [2.45, 2.75) is 19.7 Å². The fourth-order valence-electron chi connectivity index (χ4n) is 2.00. The summed E-state index contributed by atoms with van der Waals surface area (Å²) < 4.78 is 47.5. The number of methoxy groups -OCH3 is 1. The second kappa shape index (κ2) is 7.70. The van der Waals surface area contributed by atoms with Crippen molar-refractivity contribution >= 4 is 0 Å². The molecule has 2 rings (SSSR count). The highest BCUT2D eigenvalue weighted by atomic mass is 19.3. The van der Waals surface area contributed by atoms with Crippen LogP contribution in [-0.2, 0) is 13.1 Å². The van der Waals surface area contributed by atoms with Gasteiger partial charge >= 0.3 is 6.61 Å². The van der Waals surface area contributed by atoms with Gasteiger partial charge in [0.25, 0.3) is 0 Å². The van der Waals surface area contributed by atoms with Crippen LogP contribution in [0, 0.1) is 5.82 Å².